The first-order valence-electron chi connectivity index (χ1n) is 9.65. The zero-order chi connectivity index (χ0) is 19.4. The van der Waals surface area contributed by atoms with Gasteiger partial charge < -0.3 is 10.2 Å². The lowest BCUT2D eigenvalue weighted by Gasteiger charge is -2.27. The minimum Gasteiger partial charge on any atom is -0.340 e. The molecule has 1 aliphatic rings. The standard InChI is InChI=1S/C20H28N4O2S/c1-4-15-8-7-9-16(5-2)19(15)22-18-10-12-21-20(23-18)24(6-3)17-11-13-27(25,26)14-17/h7-10,12,17H,4-6,11,13-14H2,1-3H3,(H,21,22,23). The highest BCUT2D eigenvalue weighted by atomic mass is 32.2. The van der Waals surface area contributed by atoms with Gasteiger partial charge in [-0.2, -0.15) is 4.98 Å². The van der Waals surface area contributed by atoms with Crippen molar-refractivity contribution < 1.29 is 8.42 Å². The lowest BCUT2D eigenvalue weighted by atomic mass is 10.0. The summed E-state index contributed by atoms with van der Waals surface area (Å²) in [5.74, 6) is 1.74. The van der Waals surface area contributed by atoms with Gasteiger partial charge in [0.25, 0.3) is 0 Å². The quantitative estimate of drug-likeness (QED) is 0.784. The minimum absolute atomic E-state index is 0.0515. The fourth-order valence-corrected chi connectivity index (χ4v) is 5.40. The van der Waals surface area contributed by atoms with Crippen LogP contribution in [0, 0.1) is 0 Å². The Morgan fingerprint density at radius 3 is 2.41 bits per heavy atom. The molecule has 1 aromatic heterocycles. The maximum absolute atomic E-state index is 11.9. The molecule has 1 N–H and O–H groups in total. The molecule has 1 saturated heterocycles. The molecule has 0 bridgehead atoms. The molecule has 0 amide bonds. The SMILES string of the molecule is CCc1cccc(CC)c1Nc1ccnc(N(CC)C2CCS(=O)(=O)C2)n1. The van der Waals surface area contributed by atoms with Crippen LogP contribution < -0.4 is 10.2 Å². The van der Waals surface area contributed by atoms with Crippen LogP contribution in [-0.2, 0) is 22.7 Å². The van der Waals surface area contributed by atoms with Gasteiger partial charge in [-0.25, -0.2) is 13.4 Å². The molecule has 2 aromatic rings. The third kappa shape index (κ3) is 4.40. The van der Waals surface area contributed by atoms with E-state index in [-0.39, 0.29) is 17.5 Å². The Morgan fingerprint density at radius 1 is 1.15 bits per heavy atom. The number of hydrogen-bond donors (Lipinski definition) is 1. The number of aryl methyl sites for hydroxylation is 2. The monoisotopic (exact) mass is 388 g/mol. The van der Waals surface area contributed by atoms with Crippen LogP contribution in [-0.4, -0.2) is 42.5 Å². The van der Waals surface area contributed by atoms with Crippen LogP contribution in [0.15, 0.2) is 30.5 Å². The molecule has 1 unspecified atom stereocenters. The molecule has 7 heteroatoms. The molecule has 2 heterocycles. The largest absolute Gasteiger partial charge is 0.340 e. The van der Waals surface area contributed by atoms with Gasteiger partial charge in [-0.15, -0.1) is 0 Å². The predicted octanol–water partition coefficient (Wildman–Crippen LogP) is 3.36. The smallest absolute Gasteiger partial charge is 0.227 e. The number of anilines is 3. The highest BCUT2D eigenvalue weighted by Gasteiger charge is 2.32. The zero-order valence-electron chi connectivity index (χ0n) is 16.3. The molecule has 1 aliphatic heterocycles. The molecule has 6 nitrogen and oxygen atoms in total. The lowest BCUT2D eigenvalue weighted by molar-refractivity contribution is 0.599. The van der Waals surface area contributed by atoms with E-state index in [9.17, 15) is 8.42 Å². The normalized spacial score (nSPS) is 18.4. The molecule has 1 atom stereocenters. The Bertz CT molecular complexity index is 876. The first-order chi connectivity index (χ1) is 13.0. The van der Waals surface area contributed by atoms with Gasteiger partial charge in [0.2, 0.25) is 5.95 Å². The first kappa shape index (κ1) is 19.6. The number of sulfone groups is 1. The maximum atomic E-state index is 11.9. The van der Waals surface area contributed by atoms with E-state index in [1.165, 1.54) is 11.1 Å². The van der Waals surface area contributed by atoms with Crippen LogP contribution in [0.4, 0.5) is 17.5 Å². The molecule has 27 heavy (non-hydrogen) atoms. The van der Waals surface area contributed by atoms with Crippen molar-refractivity contribution in [2.75, 3.05) is 28.3 Å². The van der Waals surface area contributed by atoms with Gasteiger partial charge in [0.15, 0.2) is 9.84 Å². The molecule has 1 fully saturated rings. The molecule has 3 rings (SSSR count). The Balaban J connectivity index is 1.88. The van der Waals surface area contributed by atoms with Crippen LogP contribution in [0.25, 0.3) is 0 Å². The second-order valence-corrected chi connectivity index (χ2v) is 9.10. The Hall–Kier alpha value is -2.15. The van der Waals surface area contributed by atoms with Gasteiger partial charge in [0, 0.05) is 24.5 Å². The van der Waals surface area contributed by atoms with Gasteiger partial charge in [-0.3, -0.25) is 0 Å². The number of para-hydroxylation sites is 1. The molecular formula is C20H28N4O2S. The minimum atomic E-state index is -2.95. The Labute approximate surface area is 162 Å². The summed E-state index contributed by atoms with van der Waals surface area (Å²) in [4.78, 5) is 11.1. The summed E-state index contributed by atoms with van der Waals surface area (Å²) < 4.78 is 23.7. The fourth-order valence-electron chi connectivity index (χ4n) is 3.67. The zero-order valence-corrected chi connectivity index (χ0v) is 17.1. The van der Waals surface area contributed by atoms with Crippen molar-refractivity contribution in [2.24, 2.45) is 0 Å². The topological polar surface area (TPSA) is 75.2 Å². The van der Waals surface area contributed by atoms with Crippen LogP contribution in [0.2, 0.25) is 0 Å². The lowest BCUT2D eigenvalue weighted by Crippen LogP contribution is -2.37. The number of nitrogens with one attached hydrogen (secondary N) is 1. The van der Waals surface area contributed by atoms with E-state index in [4.69, 9.17) is 4.98 Å². The average molecular weight is 389 g/mol. The van der Waals surface area contributed by atoms with Crippen molar-refractivity contribution in [1.82, 2.24) is 9.97 Å². The molecule has 0 aliphatic carbocycles. The van der Waals surface area contributed by atoms with Gasteiger partial charge in [-0.1, -0.05) is 32.0 Å². The van der Waals surface area contributed by atoms with Crippen molar-refractivity contribution >= 4 is 27.3 Å². The van der Waals surface area contributed by atoms with Gasteiger partial charge in [0.05, 0.1) is 11.5 Å². The molecule has 1 aromatic carbocycles. The second kappa shape index (κ2) is 8.25. The second-order valence-electron chi connectivity index (χ2n) is 6.87. The van der Waals surface area contributed by atoms with Gasteiger partial charge >= 0.3 is 0 Å². The van der Waals surface area contributed by atoms with E-state index in [0.29, 0.717) is 18.9 Å². The van der Waals surface area contributed by atoms with Crippen molar-refractivity contribution in [3.05, 3.63) is 41.6 Å². The third-order valence-electron chi connectivity index (χ3n) is 5.14. The molecule has 146 valence electrons. The van der Waals surface area contributed by atoms with E-state index in [1.54, 1.807) is 6.20 Å². The van der Waals surface area contributed by atoms with E-state index < -0.39 is 9.84 Å². The van der Waals surface area contributed by atoms with Crippen LogP contribution >= 0.6 is 0 Å². The van der Waals surface area contributed by atoms with E-state index in [1.807, 2.05) is 17.9 Å². The number of hydrogen-bond acceptors (Lipinski definition) is 6. The van der Waals surface area contributed by atoms with Crippen LogP contribution in [0.5, 0.6) is 0 Å². The van der Waals surface area contributed by atoms with E-state index >= 15 is 0 Å². The third-order valence-corrected chi connectivity index (χ3v) is 6.89. The van der Waals surface area contributed by atoms with Gasteiger partial charge in [0.1, 0.15) is 5.82 Å². The number of nitrogens with zero attached hydrogens (tertiary/aromatic N) is 3. The van der Waals surface area contributed by atoms with Crippen molar-refractivity contribution in [2.45, 2.75) is 46.1 Å². The molecule has 0 radical (unpaired) electrons. The van der Waals surface area contributed by atoms with Crippen LogP contribution in [0.1, 0.15) is 38.3 Å². The van der Waals surface area contributed by atoms with Crippen LogP contribution in [0.3, 0.4) is 0 Å². The van der Waals surface area contributed by atoms with E-state index in [0.717, 1.165) is 24.3 Å². The Kier molecular flexibility index (Phi) is 5.99. The van der Waals surface area contributed by atoms with Crippen molar-refractivity contribution in [1.29, 1.82) is 0 Å². The summed E-state index contributed by atoms with van der Waals surface area (Å²) >= 11 is 0. The number of rotatable bonds is 7. The number of benzene rings is 1. The fraction of sp³-hybridized carbons (Fsp3) is 0.500. The maximum Gasteiger partial charge on any atom is 0.227 e. The number of aromatic nitrogens is 2. The summed E-state index contributed by atoms with van der Waals surface area (Å²) in [7, 11) is -2.95. The molecule has 0 spiro atoms. The summed E-state index contributed by atoms with van der Waals surface area (Å²) in [6, 6.07) is 8.16. The summed E-state index contributed by atoms with van der Waals surface area (Å²) in [5, 5.41) is 3.47. The van der Waals surface area contributed by atoms with Gasteiger partial charge in [-0.05, 0) is 43.4 Å². The Morgan fingerprint density at radius 2 is 1.85 bits per heavy atom. The van der Waals surface area contributed by atoms with Crippen molar-refractivity contribution in [3.63, 3.8) is 0 Å². The summed E-state index contributed by atoms with van der Waals surface area (Å²) in [6.07, 6.45) is 4.25. The molecule has 0 saturated carbocycles. The predicted molar refractivity (Wildman–Crippen MR) is 111 cm³/mol. The van der Waals surface area contributed by atoms with E-state index in [2.05, 4.69) is 42.3 Å². The highest BCUT2D eigenvalue weighted by Crippen LogP contribution is 2.27. The van der Waals surface area contributed by atoms with Crippen molar-refractivity contribution in [3.8, 4) is 0 Å². The first-order valence-corrected chi connectivity index (χ1v) is 11.5. The highest BCUT2D eigenvalue weighted by molar-refractivity contribution is 7.91. The molecular weight excluding hydrogens is 360 g/mol. The average Bonchev–Trinajstić information content (AvgIpc) is 3.02. The summed E-state index contributed by atoms with van der Waals surface area (Å²) in [5.41, 5.74) is 3.62. The summed E-state index contributed by atoms with van der Waals surface area (Å²) in [6.45, 7) is 6.97.